The minimum absolute atomic E-state index is 0.0782. The molecule has 0 radical (unpaired) electrons. The second-order valence-corrected chi connectivity index (χ2v) is 2.71. The molecular weight excluding hydrogens is 136 g/mol. The number of aliphatic hydroxyl groups excluding tert-OH is 1. The summed E-state index contributed by atoms with van der Waals surface area (Å²) in [5.74, 6) is 0.556. The van der Waals surface area contributed by atoms with Crippen LogP contribution in [0.5, 0.6) is 0 Å². The van der Waals surface area contributed by atoms with Crippen molar-refractivity contribution in [2.24, 2.45) is 5.92 Å². The van der Waals surface area contributed by atoms with Crippen LogP contribution in [0.1, 0.15) is 20.3 Å². The van der Waals surface area contributed by atoms with Crippen molar-refractivity contribution in [2.45, 2.75) is 20.3 Å². The number of hydrogen-bond donors (Lipinski definition) is 1. The van der Waals surface area contributed by atoms with Crippen LogP contribution in [0.4, 0.5) is 0 Å². The van der Waals surface area contributed by atoms with Gasteiger partial charge in [0.15, 0.2) is 0 Å². The first-order chi connectivity index (χ1) is 5.07. The van der Waals surface area contributed by atoms with Gasteiger partial charge in [0.05, 0.1) is 0 Å². The number of aliphatic hydroxyl groups is 1. The molecule has 0 amide bonds. The zero-order valence-corrected chi connectivity index (χ0v) is 7.30. The lowest BCUT2D eigenvalue weighted by molar-refractivity contribution is 0.435. The number of allylic oxidation sites excluding steroid dienone is 3. The Morgan fingerprint density at radius 1 is 1.45 bits per heavy atom. The smallest absolute Gasteiger partial charge is 0.108 e. The first-order valence-corrected chi connectivity index (χ1v) is 3.82. The molecule has 0 saturated heterocycles. The third kappa shape index (κ3) is 4.43. The van der Waals surface area contributed by atoms with Gasteiger partial charge in [0.2, 0.25) is 0 Å². The van der Waals surface area contributed by atoms with Gasteiger partial charge in [-0.1, -0.05) is 38.7 Å². The fraction of sp³-hybridized carbons (Fsp3) is 0.400. The molecule has 0 bridgehead atoms. The number of rotatable bonds is 4. The molecule has 0 fully saturated rings. The van der Waals surface area contributed by atoms with E-state index in [2.05, 4.69) is 27.0 Å². The van der Waals surface area contributed by atoms with Gasteiger partial charge >= 0.3 is 0 Å². The number of hydrogen-bond acceptors (Lipinski definition) is 1. The van der Waals surface area contributed by atoms with Crippen molar-refractivity contribution in [3.63, 3.8) is 0 Å². The van der Waals surface area contributed by atoms with E-state index in [0.29, 0.717) is 5.92 Å². The standard InChI is InChI=1S/C10H16O/c1-5-8(2)9(3)6-7-10(4)11/h6-8,11H,3-5H2,1-2H3/b7-6-. The summed E-state index contributed by atoms with van der Waals surface area (Å²) in [4.78, 5) is 0. The largest absolute Gasteiger partial charge is 0.509 e. The topological polar surface area (TPSA) is 20.2 Å². The van der Waals surface area contributed by atoms with Crippen LogP contribution in [0.2, 0.25) is 0 Å². The van der Waals surface area contributed by atoms with Crippen molar-refractivity contribution < 1.29 is 5.11 Å². The highest BCUT2D eigenvalue weighted by Crippen LogP contribution is 2.13. The van der Waals surface area contributed by atoms with Crippen molar-refractivity contribution >= 4 is 0 Å². The molecule has 0 aromatic carbocycles. The van der Waals surface area contributed by atoms with E-state index in [0.717, 1.165) is 12.0 Å². The molecule has 1 nitrogen and oxygen atoms in total. The lowest BCUT2D eigenvalue weighted by atomic mass is 10.00. The molecule has 0 aliphatic carbocycles. The fourth-order valence-electron chi connectivity index (χ4n) is 0.630. The van der Waals surface area contributed by atoms with Crippen LogP contribution in [-0.4, -0.2) is 5.11 Å². The molecule has 0 rings (SSSR count). The Balaban J connectivity index is 3.96. The van der Waals surface area contributed by atoms with Crippen LogP contribution in [0, 0.1) is 5.92 Å². The first-order valence-electron chi connectivity index (χ1n) is 3.82. The molecule has 1 N–H and O–H groups in total. The molecule has 62 valence electrons. The maximum absolute atomic E-state index is 8.73. The highest BCUT2D eigenvalue weighted by atomic mass is 16.3. The van der Waals surface area contributed by atoms with E-state index in [-0.39, 0.29) is 5.76 Å². The normalized spacial score (nSPS) is 13.3. The summed E-state index contributed by atoms with van der Waals surface area (Å²) in [6.45, 7) is 11.4. The molecule has 1 unspecified atom stereocenters. The molecule has 0 aromatic heterocycles. The van der Waals surface area contributed by atoms with Crippen LogP contribution in [0.25, 0.3) is 0 Å². The van der Waals surface area contributed by atoms with E-state index < -0.39 is 0 Å². The molecule has 1 heteroatoms. The lowest BCUT2D eigenvalue weighted by Crippen LogP contribution is -1.92. The Kier molecular flexibility index (Phi) is 4.35. The molecule has 0 aliphatic rings. The summed E-state index contributed by atoms with van der Waals surface area (Å²) in [6, 6.07) is 0. The first kappa shape index (κ1) is 10.0. The average Bonchev–Trinajstić information content (AvgIpc) is 1.98. The van der Waals surface area contributed by atoms with Gasteiger partial charge in [0.25, 0.3) is 0 Å². The SMILES string of the molecule is C=C(O)/C=C\C(=C)C(C)CC. The van der Waals surface area contributed by atoms with Gasteiger partial charge in [-0.3, -0.25) is 0 Å². The third-order valence-electron chi connectivity index (χ3n) is 1.74. The molecule has 1 atom stereocenters. The quantitative estimate of drug-likeness (QED) is 0.484. The second kappa shape index (κ2) is 4.78. The van der Waals surface area contributed by atoms with Crippen molar-refractivity contribution in [2.75, 3.05) is 0 Å². The highest BCUT2D eigenvalue weighted by Gasteiger charge is 1.98. The summed E-state index contributed by atoms with van der Waals surface area (Å²) in [5, 5.41) is 8.73. The van der Waals surface area contributed by atoms with Crippen molar-refractivity contribution in [3.8, 4) is 0 Å². The molecule has 0 aromatic rings. The van der Waals surface area contributed by atoms with Crippen LogP contribution in [-0.2, 0) is 0 Å². The van der Waals surface area contributed by atoms with E-state index in [1.54, 1.807) is 12.2 Å². The van der Waals surface area contributed by atoms with Gasteiger partial charge < -0.3 is 5.11 Å². The van der Waals surface area contributed by atoms with Gasteiger partial charge in [-0.2, -0.15) is 0 Å². The predicted molar refractivity (Wildman–Crippen MR) is 49.5 cm³/mol. The average molecular weight is 152 g/mol. The van der Waals surface area contributed by atoms with E-state index >= 15 is 0 Å². The van der Waals surface area contributed by atoms with Gasteiger partial charge in [0.1, 0.15) is 5.76 Å². The molecule has 0 aliphatic heterocycles. The minimum atomic E-state index is 0.0782. The van der Waals surface area contributed by atoms with Crippen LogP contribution < -0.4 is 0 Å². The second-order valence-electron chi connectivity index (χ2n) is 2.71. The Hall–Kier alpha value is -0.980. The summed E-state index contributed by atoms with van der Waals surface area (Å²) in [7, 11) is 0. The Bertz CT molecular complexity index is 177. The molecule has 0 saturated carbocycles. The predicted octanol–water partition coefficient (Wildman–Crippen LogP) is 3.22. The molecular formula is C10H16O. The van der Waals surface area contributed by atoms with Crippen LogP contribution >= 0.6 is 0 Å². The molecule has 0 spiro atoms. The van der Waals surface area contributed by atoms with Crippen LogP contribution in [0.3, 0.4) is 0 Å². The van der Waals surface area contributed by atoms with Gasteiger partial charge in [0, 0.05) is 0 Å². The Labute approximate surface area is 68.7 Å². The lowest BCUT2D eigenvalue weighted by Gasteiger charge is -2.06. The van der Waals surface area contributed by atoms with Gasteiger partial charge in [-0.25, -0.2) is 0 Å². The fourth-order valence-corrected chi connectivity index (χ4v) is 0.630. The maximum atomic E-state index is 8.73. The van der Waals surface area contributed by atoms with E-state index in [9.17, 15) is 0 Å². The monoisotopic (exact) mass is 152 g/mol. The third-order valence-corrected chi connectivity index (χ3v) is 1.74. The van der Waals surface area contributed by atoms with E-state index in [1.807, 2.05) is 0 Å². The van der Waals surface area contributed by atoms with Gasteiger partial charge in [-0.05, 0) is 18.4 Å². The zero-order chi connectivity index (χ0) is 8.85. The Morgan fingerprint density at radius 3 is 2.36 bits per heavy atom. The van der Waals surface area contributed by atoms with E-state index in [1.165, 1.54) is 0 Å². The molecule has 11 heavy (non-hydrogen) atoms. The Morgan fingerprint density at radius 2 is 2.00 bits per heavy atom. The zero-order valence-electron chi connectivity index (χ0n) is 7.30. The van der Waals surface area contributed by atoms with E-state index in [4.69, 9.17) is 5.11 Å². The summed E-state index contributed by atoms with van der Waals surface area (Å²) >= 11 is 0. The molecule has 0 heterocycles. The summed E-state index contributed by atoms with van der Waals surface area (Å²) < 4.78 is 0. The van der Waals surface area contributed by atoms with Crippen molar-refractivity contribution in [1.29, 1.82) is 0 Å². The maximum Gasteiger partial charge on any atom is 0.108 e. The summed E-state index contributed by atoms with van der Waals surface area (Å²) in [6.07, 6.45) is 4.44. The minimum Gasteiger partial charge on any atom is -0.509 e. The summed E-state index contributed by atoms with van der Waals surface area (Å²) in [5.41, 5.74) is 1.03. The van der Waals surface area contributed by atoms with Crippen LogP contribution in [0.15, 0.2) is 36.6 Å². The highest BCUT2D eigenvalue weighted by molar-refractivity contribution is 5.22. The van der Waals surface area contributed by atoms with Gasteiger partial charge in [-0.15, -0.1) is 0 Å². The van der Waals surface area contributed by atoms with Crippen molar-refractivity contribution in [1.82, 2.24) is 0 Å². The van der Waals surface area contributed by atoms with Crippen molar-refractivity contribution in [3.05, 3.63) is 36.6 Å².